The van der Waals surface area contributed by atoms with Gasteiger partial charge in [0.2, 0.25) is 5.95 Å². The van der Waals surface area contributed by atoms with E-state index in [1.165, 1.54) is 10.8 Å². The number of hydrogen-bond donors (Lipinski definition) is 1. The second-order valence-corrected chi connectivity index (χ2v) is 8.57. The third kappa shape index (κ3) is 4.18. The molecule has 1 atom stereocenters. The average Bonchev–Trinajstić information content (AvgIpc) is 3.17. The fourth-order valence-corrected chi connectivity index (χ4v) is 4.06. The molecule has 3 heterocycles. The van der Waals surface area contributed by atoms with E-state index in [0.29, 0.717) is 30.2 Å². The average molecular weight is 435 g/mol. The summed E-state index contributed by atoms with van der Waals surface area (Å²) in [5.74, 6) is 0.685. The van der Waals surface area contributed by atoms with E-state index in [0.717, 1.165) is 35.1 Å². The zero-order chi connectivity index (χ0) is 22.8. The van der Waals surface area contributed by atoms with Crippen LogP contribution < -0.4 is 21.9 Å². The molecule has 32 heavy (non-hydrogen) atoms. The summed E-state index contributed by atoms with van der Waals surface area (Å²) in [5, 5.41) is 0. The first kappa shape index (κ1) is 21.8. The summed E-state index contributed by atoms with van der Waals surface area (Å²) in [4.78, 5) is 33.4. The Labute approximate surface area is 186 Å². The Kier molecular flexibility index (Phi) is 6.14. The number of rotatable bonds is 5. The number of aromatic nitrogens is 4. The molecule has 1 saturated heterocycles. The van der Waals surface area contributed by atoms with E-state index in [1.807, 2.05) is 48.7 Å². The first-order valence-electron chi connectivity index (χ1n) is 11.0. The largest absolute Gasteiger partial charge is 0.341 e. The van der Waals surface area contributed by atoms with Crippen molar-refractivity contribution in [2.24, 2.45) is 12.8 Å². The van der Waals surface area contributed by atoms with E-state index in [-0.39, 0.29) is 11.6 Å². The molecule has 8 nitrogen and oxygen atoms in total. The molecule has 0 saturated carbocycles. The van der Waals surface area contributed by atoms with Gasteiger partial charge in [-0.1, -0.05) is 42.0 Å². The molecule has 0 aliphatic carbocycles. The summed E-state index contributed by atoms with van der Waals surface area (Å²) < 4.78 is 4.51. The second-order valence-electron chi connectivity index (χ2n) is 8.57. The number of imidazole rings is 1. The van der Waals surface area contributed by atoms with Crippen LogP contribution in [0.15, 0.2) is 51.6 Å². The SMILES string of the molecule is CC(C)=CCn1c(N2CCCC(N)C2)nc2c1c(=O)n(C=Cc1ccccc1)c(=O)n2C. The van der Waals surface area contributed by atoms with Gasteiger partial charge in [-0.3, -0.25) is 9.36 Å². The van der Waals surface area contributed by atoms with Crippen LogP contribution in [0.2, 0.25) is 0 Å². The van der Waals surface area contributed by atoms with Crippen LogP contribution in [-0.2, 0) is 13.6 Å². The van der Waals surface area contributed by atoms with Gasteiger partial charge in [0.1, 0.15) is 0 Å². The Morgan fingerprint density at radius 3 is 2.66 bits per heavy atom. The molecule has 0 bridgehead atoms. The highest BCUT2D eigenvalue weighted by atomic mass is 16.2. The van der Waals surface area contributed by atoms with Crippen LogP contribution in [0.4, 0.5) is 5.95 Å². The molecule has 1 unspecified atom stereocenters. The number of nitrogens with zero attached hydrogens (tertiary/aromatic N) is 5. The van der Waals surface area contributed by atoms with Crippen molar-refractivity contribution in [2.45, 2.75) is 39.3 Å². The number of hydrogen-bond acceptors (Lipinski definition) is 5. The molecule has 168 valence electrons. The van der Waals surface area contributed by atoms with Gasteiger partial charge < -0.3 is 15.2 Å². The fourth-order valence-electron chi connectivity index (χ4n) is 4.06. The summed E-state index contributed by atoms with van der Waals surface area (Å²) >= 11 is 0. The van der Waals surface area contributed by atoms with Gasteiger partial charge in [0.25, 0.3) is 5.56 Å². The topological polar surface area (TPSA) is 91.1 Å². The van der Waals surface area contributed by atoms with E-state index in [9.17, 15) is 9.59 Å². The highest BCUT2D eigenvalue weighted by Crippen LogP contribution is 2.23. The second kappa shape index (κ2) is 9.00. The Hall–Kier alpha value is -3.39. The molecular formula is C24H30N6O2. The number of allylic oxidation sites excluding steroid dienone is 2. The normalized spacial score (nSPS) is 16.8. The molecule has 3 aromatic rings. The van der Waals surface area contributed by atoms with E-state index in [2.05, 4.69) is 11.0 Å². The lowest BCUT2D eigenvalue weighted by Gasteiger charge is -2.31. The lowest BCUT2D eigenvalue weighted by molar-refractivity contribution is 0.495. The predicted octanol–water partition coefficient (Wildman–Crippen LogP) is 2.42. The monoisotopic (exact) mass is 434 g/mol. The smallest absolute Gasteiger partial charge is 0.336 e. The number of fused-ring (bicyclic) bond motifs is 1. The number of benzene rings is 1. The molecule has 2 aromatic heterocycles. The minimum Gasteiger partial charge on any atom is -0.341 e. The Balaban J connectivity index is 1.92. The molecule has 1 aliphatic rings. The quantitative estimate of drug-likeness (QED) is 0.623. The highest BCUT2D eigenvalue weighted by Gasteiger charge is 2.25. The van der Waals surface area contributed by atoms with Gasteiger partial charge in [-0.2, -0.15) is 4.98 Å². The number of nitrogens with two attached hydrogens (primary N) is 1. The van der Waals surface area contributed by atoms with Crippen molar-refractivity contribution >= 4 is 29.4 Å². The summed E-state index contributed by atoms with van der Waals surface area (Å²) in [6.45, 7) is 6.03. The van der Waals surface area contributed by atoms with Crippen LogP contribution in [-0.4, -0.2) is 37.8 Å². The van der Waals surface area contributed by atoms with Crippen LogP contribution in [0, 0.1) is 0 Å². The summed E-state index contributed by atoms with van der Waals surface area (Å²) in [7, 11) is 1.65. The van der Waals surface area contributed by atoms with Gasteiger partial charge in [-0.25, -0.2) is 9.36 Å². The van der Waals surface area contributed by atoms with Crippen molar-refractivity contribution in [1.29, 1.82) is 0 Å². The summed E-state index contributed by atoms with van der Waals surface area (Å²) in [6, 6.07) is 9.64. The minimum atomic E-state index is -0.427. The van der Waals surface area contributed by atoms with Crippen LogP contribution >= 0.6 is 0 Å². The van der Waals surface area contributed by atoms with Crippen molar-refractivity contribution in [1.82, 2.24) is 18.7 Å². The third-order valence-corrected chi connectivity index (χ3v) is 5.80. The number of anilines is 1. The molecule has 8 heteroatoms. The lowest BCUT2D eigenvalue weighted by atomic mass is 10.1. The van der Waals surface area contributed by atoms with Crippen molar-refractivity contribution in [3.05, 3.63) is 68.4 Å². The predicted molar refractivity (Wildman–Crippen MR) is 130 cm³/mol. The van der Waals surface area contributed by atoms with Crippen LogP contribution in [0.5, 0.6) is 0 Å². The van der Waals surface area contributed by atoms with Crippen LogP contribution in [0.25, 0.3) is 23.4 Å². The van der Waals surface area contributed by atoms with E-state index in [4.69, 9.17) is 10.7 Å². The van der Waals surface area contributed by atoms with Gasteiger partial charge >= 0.3 is 5.69 Å². The first-order valence-corrected chi connectivity index (χ1v) is 11.0. The Morgan fingerprint density at radius 2 is 1.97 bits per heavy atom. The molecule has 1 fully saturated rings. The van der Waals surface area contributed by atoms with E-state index < -0.39 is 5.69 Å². The molecule has 2 N–H and O–H groups in total. The lowest BCUT2D eigenvalue weighted by Crippen LogP contribution is -2.44. The summed E-state index contributed by atoms with van der Waals surface area (Å²) in [6.07, 6.45) is 7.30. The minimum absolute atomic E-state index is 0.0646. The van der Waals surface area contributed by atoms with Gasteiger partial charge in [-0.15, -0.1) is 0 Å². The molecular weight excluding hydrogens is 404 g/mol. The standard InChI is InChI=1S/C24H30N6O2/c1-17(2)11-14-29-20-21(26-23(29)28-13-7-10-19(25)16-28)27(3)24(32)30(22(20)31)15-12-18-8-5-4-6-9-18/h4-6,8-9,11-12,15,19H,7,10,13-14,16,25H2,1-3H3. The van der Waals surface area contributed by atoms with Crippen molar-refractivity contribution < 1.29 is 0 Å². The van der Waals surface area contributed by atoms with Gasteiger partial charge in [0, 0.05) is 38.9 Å². The summed E-state index contributed by atoms with van der Waals surface area (Å²) in [5.41, 5.74) is 8.26. The van der Waals surface area contributed by atoms with E-state index >= 15 is 0 Å². The first-order chi connectivity index (χ1) is 15.4. The maximum Gasteiger partial charge on any atom is 0.336 e. The maximum atomic E-state index is 13.5. The maximum absolute atomic E-state index is 13.5. The molecule has 0 amide bonds. The van der Waals surface area contributed by atoms with Crippen molar-refractivity contribution in [3.8, 4) is 0 Å². The van der Waals surface area contributed by atoms with Crippen molar-refractivity contribution in [2.75, 3.05) is 18.0 Å². The molecule has 1 aromatic carbocycles. The van der Waals surface area contributed by atoms with Gasteiger partial charge in [0.05, 0.1) is 0 Å². The number of aryl methyl sites for hydroxylation is 1. The fraction of sp³-hybridized carbons (Fsp3) is 0.375. The third-order valence-electron chi connectivity index (χ3n) is 5.80. The molecule has 1 aliphatic heterocycles. The van der Waals surface area contributed by atoms with Gasteiger partial charge in [0.15, 0.2) is 11.2 Å². The highest BCUT2D eigenvalue weighted by molar-refractivity contribution is 5.76. The Morgan fingerprint density at radius 1 is 1.22 bits per heavy atom. The van der Waals surface area contributed by atoms with Crippen LogP contribution in [0.1, 0.15) is 32.3 Å². The zero-order valence-electron chi connectivity index (χ0n) is 18.9. The number of piperidine rings is 1. The van der Waals surface area contributed by atoms with E-state index in [1.54, 1.807) is 13.1 Å². The van der Waals surface area contributed by atoms with Crippen molar-refractivity contribution in [3.63, 3.8) is 0 Å². The molecule has 0 radical (unpaired) electrons. The van der Waals surface area contributed by atoms with Gasteiger partial charge in [-0.05, 0) is 38.3 Å². The Bertz CT molecular complexity index is 1290. The molecule has 0 spiro atoms. The zero-order valence-corrected chi connectivity index (χ0v) is 18.9. The van der Waals surface area contributed by atoms with Crippen LogP contribution in [0.3, 0.4) is 0 Å². The molecule has 4 rings (SSSR count).